The van der Waals surface area contributed by atoms with Gasteiger partial charge in [0.25, 0.3) is 0 Å². The summed E-state index contributed by atoms with van der Waals surface area (Å²) in [5.74, 6) is 0. The molecule has 6 nitrogen and oxygen atoms in total. The first-order valence-electron chi connectivity index (χ1n) is 10.7. The van der Waals surface area contributed by atoms with Crippen LogP contribution in [0.3, 0.4) is 0 Å². The van der Waals surface area contributed by atoms with E-state index in [9.17, 15) is 0 Å². The van der Waals surface area contributed by atoms with Crippen LogP contribution >= 0.6 is 0 Å². The molecular weight excluding hydrogens is 613 g/mol. The quantitative estimate of drug-likeness (QED) is 0.244. The molecule has 5 aromatic rings. The van der Waals surface area contributed by atoms with Crippen molar-refractivity contribution in [2.75, 3.05) is 0 Å². The van der Waals surface area contributed by atoms with Crippen molar-refractivity contribution in [3.8, 4) is 33.8 Å². The Kier molecular flexibility index (Phi) is 10.3. The summed E-state index contributed by atoms with van der Waals surface area (Å²) in [6.45, 7) is 8.94. The van der Waals surface area contributed by atoms with Crippen molar-refractivity contribution in [3.63, 3.8) is 0 Å². The minimum atomic E-state index is 0. The zero-order valence-electron chi connectivity index (χ0n) is 20.0. The van der Waals surface area contributed by atoms with E-state index in [0.29, 0.717) is 0 Å². The molecule has 0 unspecified atom stereocenters. The van der Waals surface area contributed by atoms with Crippen LogP contribution in [0.2, 0.25) is 0 Å². The molecule has 0 aliphatic carbocycles. The molecule has 7 heteroatoms. The molecule has 0 aliphatic rings. The van der Waals surface area contributed by atoms with Gasteiger partial charge in [0.2, 0.25) is 0 Å². The number of nitrogens with zero attached hydrogens (tertiary/aromatic N) is 6. The number of hydrogen-bond acceptors (Lipinski definition) is 4. The van der Waals surface area contributed by atoms with Gasteiger partial charge in [0, 0.05) is 44.1 Å². The summed E-state index contributed by atoms with van der Waals surface area (Å²) >= 11 is 0. The summed E-state index contributed by atoms with van der Waals surface area (Å²) in [5.41, 5.74) is 8.34. The maximum absolute atomic E-state index is 6.25. The second kappa shape index (κ2) is 13.1. The Balaban J connectivity index is 0.000000247. The number of benzene rings is 2. The van der Waals surface area contributed by atoms with Crippen LogP contribution in [0.4, 0.5) is 0 Å². The third kappa shape index (κ3) is 7.07. The van der Waals surface area contributed by atoms with Gasteiger partial charge in [-0.3, -0.25) is 9.36 Å². The normalized spacial score (nSPS) is 9.66. The van der Waals surface area contributed by atoms with Gasteiger partial charge in [0.15, 0.2) is 0 Å². The van der Waals surface area contributed by atoms with Crippen molar-refractivity contribution in [2.45, 2.75) is 13.8 Å². The molecule has 0 N–H and O–H groups in total. The molecular formula is C28H25IrN6. The fraction of sp³-hybridized carbons (Fsp3) is 0.143. The Bertz CT molecular complexity index is 1260. The monoisotopic (exact) mass is 638 g/mol. The SMILES string of the molecule is Cc1cc(C)c(-c2ccn(C)n2)[c-]c1-c1ccn(C)n1.[C-]#N.[Ir+3].[c-]1ccccc1-c1ccccn1. The summed E-state index contributed by atoms with van der Waals surface area (Å²) in [6, 6.07) is 26.5. The van der Waals surface area contributed by atoms with Crippen LogP contribution in [0.5, 0.6) is 0 Å². The smallest absolute Gasteiger partial charge is 0.512 e. The third-order valence-corrected chi connectivity index (χ3v) is 5.06. The Morgan fingerprint density at radius 3 is 1.77 bits per heavy atom. The van der Waals surface area contributed by atoms with Gasteiger partial charge < -0.3 is 16.8 Å². The molecule has 0 amide bonds. The predicted octanol–water partition coefficient (Wildman–Crippen LogP) is 5.55. The summed E-state index contributed by atoms with van der Waals surface area (Å²) in [6.07, 6.45) is 5.68. The molecule has 3 heterocycles. The summed E-state index contributed by atoms with van der Waals surface area (Å²) in [5, 5.41) is 15.2. The van der Waals surface area contributed by atoms with E-state index in [1.165, 1.54) is 11.1 Å². The number of hydrogen-bond donors (Lipinski definition) is 0. The standard InChI is InChI=1S/C16H17N4.C11H8N.CN.Ir/c1-11-9-12(2)14(16-6-8-20(4)18-16)10-13(11)15-5-7-19(3)17-15;1-2-6-10(7-3-1)11-8-4-5-9-12-11;1-2;/h5-9H,1-4H3;1-6,8-9H;;/q3*-1;+3. The second-order valence-electron chi connectivity index (χ2n) is 7.63. The van der Waals surface area contributed by atoms with Crippen molar-refractivity contribution in [2.24, 2.45) is 14.1 Å². The Hall–Kier alpha value is -3.85. The molecule has 0 saturated heterocycles. The molecule has 2 aromatic carbocycles. The van der Waals surface area contributed by atoms with E-state index in [1.54, 1.807) is 6.20 Å². The first-order chi connectivity index (χ1) is 16.5. The Morgan fingerprint density at radius 1 is 0.771 bits per heavy atom. The van der Waals surface area contributed by atoms with Crippen molar-refractivity contribution in [1.82, 2.24) is 24.5 Å². The topological polar surface area (TPSA) is 72.3 Å². The number of rotatable bonds is 3. The molecule has 35 heavy (non-hydrogen) atoms. The Labute approximate surface area is 220 Å². The van der Waals surface area contributed by atoms with Crippen LogP contribution in [0, 0.1) is 37.8 Å². The van der Waals surface area contributed by atoms with Crippen LogP contribution in [0.15, 0.2) is 79.3 Å². The first kappa shape index (κ1) is 27.4. The van der Waals surface area contributed by atoms with Gasteiger partial charge in [-0.15, -0.1) is 59.2 Å². The van der Waals surface area contributed by atoms with Crippen molar-refractivity contribution in [3.05, 3.63) is 109 Å². The number of pyridine rings is 1. The molecule has 0 saturated carbocycles. The predicted molar refractivity (Wildman–Crippen MR) is 133 cm³/mol. The van der Waals surface area contributed by atoms with E-state index in [4.69, 9.17) is 11.8 Å². The fourth-order valence-corrected chi connectivity index (χ4v) is 3.49. The average molecular weight is 638 g/mol. The van der Waals surface area contributed by atoms with E-state index in [2.05, 4.69) is 47.2 Å². The maximum atomic E-state index is 6.25. The molecule has 0 spiro atoms. The van der Waals surface area contributed by atoms with Crippen LogP contribution in [-0.4, -0.2) is 24.5 Å². The van der Waals surface area contributed by atoms with Crippen LogP contribution in [0.1, 0.15) is 11.1 Å². The van der Waals surface area contributed by atoms with E-state index >= 15 is 0 Å². The Morgan fingerprint density at radius 2 is 1.34 bits per heavy atom. The third-order valence-electron chi connectivity index (χ3n) is 5.06. The van der Waals surface area contributed by atoms with Gasteiger partial charge >= 0.3 is 20.1 Å². The molecule has 0 radical (unpaired) electrons. The maximum Gasteiger partial charge on any atom is 3.00 e. The molecule has 0 atom stereocenters. The van der Waals surface area contributed by atoms with E-state index in [0.717, 1.165) is 33.8 Å². The van der Waals surface area contributed by atoms with Crippen molar-refractivity contribution in [1.29, 1.82) is 5.26 Å². The zero-order valence-corrected chi connectivity index (χ0v) is 22.4. The van der Waals surface area contributed by atoms with Crippen LogP contribution < -0.4 is 0 Å². The van der Waals surface area contributed by atoms with Crippen molar-refractivity contribution >= 4 is 0 Å². The second-order valence-corrected chi connectivity index (χ2v) is 7.63. The van der Waals surface area contributed by atoms with Gasteiger partial charge in [-0.2, -0.15) is 0 Å². The van der Waals surface area contributed by atoms with Crippen LogP contribution in [0.25, 0.3) is 33.8 Å². The van der Waals surface area contributed by atoms with E-state index in [1.807, 2.05) is 90.4 Å². The molecule has 5 rings (SSSR count). The molecule has 3 aromatic heterocycles. The number of aryl methyl sites for hydroxylation is 4. The molecule has 0 bridgehead atoms. The van der Waals surface area contributed by atoms with Crippen LogP contribution in [-0.2, 0) is 34.2 Å². The van der Waals surface area contributed by atoms with Gasteiger partial charge in [-0.25, -0.2) is 10.2 Å². The molecule has 0 aliphatic heterocycles. The summed E-state index contributed by atoms with van der Waals surface area (Å²) in [4.78, 5) is 4.22. The average Bonchev–Trinajstić information content (AvgIpc) is 3.50. The summed E-state index contributed by atoms with van der Waals surface area (Å²) in [7, 11) is 3.85. The molecule has 0 fully saturated rings. The summed E-state index contributed by atoms with van der Waals surface area (Å²) < 4.78 is 3.62. The van der Waals surface area contributed by atoms with E-state index < -0.39 is 0 Å². The minimum Gasteiger partial charge on any atom is -0.512 e. The van der Waals surface area contributed by atoms with Crippen molar-refractivity contribution < 1.29 is 20.1 Å². The van der Waals surface area contributed by atoms with Gasteiger partial charge in [0.1, 0.15) is 0 Å². The first-order valence-corrected chi connectivity index (χ1v) is 10.7. The minimum absolute atomic E-state index is 0. The molecule has 176 valence electrons. The largest absolute Gasteiger partial charge is 3.00 e. The number of aromatic nitrogens is 5. The fourth-order valence-electron chi connectivity index (χ4n) is 3.49. The zero-order chi connectivity index (χ0) is 24.5. The van der Waals surface area contributed by atoms with Gasteiger partial charge in [0.05, 0.1) is 0 Å². The van der Waals surface area contributed by atoms with Gasteiger partial charge in [-0.05, 0) is 11.8 Å². The van der Waals surface area contributed by atoms with Gasteiger partial charge in [-0.1, -0.05) is 49.2 Å². The van der Waals surface area contributed by atoms with E-state index in [-0.39, 0.29) is 20.1 Å².